The second-order valence-corrected chi connectivity index (χ2v) is 7.96. The number of amides is 2. The van der Waals surface area contributed by atoms with E-state index in [0.29, 0.717) is 25.4 Å². The number of fused-ring (bicyclic) bond motifs is 1. The van der Waals surface area contributed by atoms with Crippen molar-refractivity contribution < 1.29 is 9.59 Å². The van der Waals surface area contributed by atoms with Crippen LogP contribution in [0.15, 0.2) is 24.3 Å². The van der Waals surface area contributed by atoms with Crippen LogP contribution in [0.5, 0.6) is 0 Å². The standard InChI is InChI=1S/C21H31N3O2/c1-16(2)9-10-22-20(25)15-24-14-18-8-4-3-7-17(18)13-19(24)21(26)23-11-5-6-12-23/h3-4,7-8,16,19H,5-6,9-15H2,1-2H3,(H,22,25). The van der Waals surface area contributed by atoms with Gasteiger partial charge in [0.1, 0.15) is 0 Å². The lowest BCUT2D eigenvalue weighted by Gasteiger charge is -2.37. The largest absolute Gasteiger partial charge is 0.355 e. The second kappa shape index (κ2) is 8.67. The summed E-state index contributed by atoms with van der Waals surface area (Å²) in [6.45, 7) is 7.66. The van der Waals surface area contributed by atoms with Crippen molar-refractivity contribution in [1.29, 1.82) is 0 Å². The van der Waals surface area contributed by atoms with Crippen LogP contribution < -0.4 is 5.32 Å². The van der Waals surface area contributed by atoms with Crippen LogP contribution in [-0.2, 0) is 22.6 Å². The lowest BCUT2D eigenvalue weighted by Crippen LogP contribution is -2.53. The fourth-order valence-corrected chi connectivity index (χ4v) is 3.88. The number of carbonyl (C=O) groups excluding carboxylic acids is 2. The molecule has 1 aromatic carbocycles. The molecular weight excluding hydrogens is 326 g/mol. The molecule has 0 bridgehead atoms. The minimum Gasteiger partial charge on any atom is -0.355 e. The molecule has 0 aromatic heterocycles. The normalized spacial score (nSPS) is 20.3. The van der Waals surface area contributed by atoms with E-state index >= 15 is 0 Å². The molecule has 0 spiro atoms. The summed E-state index contributed by atoms with van der Waals surface area (Å²) in [5, 5.41) is 3.01. The van der Waals surface area contributed by atoms with Crippen LogP contribution in [0.2, 0.25) is 0 Å². The van der Waals surface area contributed by atoms with E-state index in [1.807, 2.05) is 17.0 Å². The molecule has 1 aromatic rings. The first-order chi connectivity index (χ1) is 12.5. The smallest absolute Gasteiger partial charge is 0.240 e. The van der Waals surface area contributed by atoms with Gasteiger partial charge in [-0.2, -0.15) is 0 Å². The lowest BCUT2D eigenvalue weighted by atomic mass is 9.93. The maximum absolute atomic E-state index is 13.1. The predicted octanol–water partition coefficient (Wildman–Crippen LogP) is 2.20. The summed E-state index contributed by atoms with van der Waals surface area (Å²) in [5.41, 5.74) is 2.47. The molecule has 0 radical (unpaired) electrons. The van der Waals surface area contributed by atoms with E-state index in [-0.39, 0.29) is 24.4 Å². The summed E-state index contributed by atoms with van der Waals surface area (Å²) in [6, 6.07) is 8.06. The van der Waals surface area contributed by atoms with Crippen LogP contribution in [0.25, 0.3) is 0 Å². The monoisotopic (exact) mass is 357 g/mol. The van der Waals surface area contributed by atoms with E-state index in [0.717, 1.165) is 32.4 Å². The van der Waals surface area contributed by atoms with Crippen LogP contribution >= 0.6 is 0 Å². The van der Waals surface area contributed by atoms with Gasteiger partial charge in [-0.1, -0.05) is 38.1 Å². The molecule has 2 aliphatic heterocycles. The molecule has 0 aliphatic carbocycles. The molecule has 1 atom stereocenters. The fourth-order valence-electron chi connectivity index (χ4n) is 3.88. The Morgan fingerprint density at radius 2 is 1.85 bits per heavy atom. The van der Waals surface area contributed by atoms with Gasteiger partial charge in [-0.3, -0.25) is 14.5 Å². The van der Waals surface area contributed by atoms with Gasteiger partial charge in [0.25, 0.3) is 0 Å². The Bertz CT molecular complexity index is 638. The molecule has 1 N–H and O–H groups in total. The third kappa shape index (κ3) is 4.64. The topological polar surface area (TPSA) is 52.7 Å². The van der Waals surface area contributed by atoms with Gasteiger partial charge in [-0.05, 0) is 42.7 Å². The maximum Gasteiger partial charge on any atom is 0.240 e. The number of rotatable bonds is 6. The Hall–Kier alpha value is -1.88. The van der Waals surface area contributed by atoms with Crippen LogP contribution in [0, 0.1) is 5.92 Å². The average Bonchev–Trinajstić information content (AvgIpc) is 3.15. The number of likely N-dealkylation sites (tertiary alicyclic amines) is 1. The minimum absolute atomic E-state index is 0.0178. The summed E-state index contributed by atoms with van der Waals surface area (Å²) in [5.74, 6) is 0.776. The summed E-state index contributed by atoms with van der Waals surface area (Å²) in [7, 11) is 0. The third-order valence-electron chi connectivity index (χ3n) is 5.44. The number of nitrogens with zero attached hydrogens (tertiary/aromatic N) is 2. The Balaban J connectivity index is 1.69. The molecule has 1 unspecified atom stereocenters. The van der Waals surface area contributed by atoms with Gasteiger partial charge < -0.3 is 10.2 Å². The van der Waals surface area contributed by atoms with E-state index in [9.17, 15) is 9.59 Å². The van der Waals surface area contributed by atoms with E-state index in [4.69, 9.17) is 0 Å². The maximum atomic E-state index is 13.1. The minimum atomic E-state index is -0.223. The van der Waals surface area contributed by atoms with Crippen molar-refractivity contribution in [2.24, 2.45) is 5.92 Å². The molecule has 3 rings (SSSR count). The van der Waals surface area contributed by atoms with Crippen LogP contribution in [0.1, 0.15) is 44.2 Å². The average molecular weight is 357 g/mol. The molecule has 2 aliphatic rings. The quantitative estimate of drug-likeness (QED) is 0.849. The summed E-state index contributed by atoms with van der Waals surface area (Å²) in [4.78, 5) is 29.5. The van der Waals surface area contributed by atoms with Gasteiger partial charge in [0.05, 0.1) is 12.6 Å². The predicted molar refractivity (Wildman–Crippen MR) is 103 cm³/mol. The SMILES string of the molecule is CC(C)CCNC(=O)CN1Cc2ccccc2CC1C(=O)N1CCCC1. The molecule has 5 nitrogen and oxygen atoms in total. The van der Waals surface area contributed by atoms with Gasteiger partial charge >= 0.3 is 0 Å². The first-order valence-corrected chi connectivity index (χ1v) is 9.91. The van der Waals surface area contributed by atoms with Crippen molar-refractivity contribution in [1.82, 2.24) is 15.1 Å². The lowest BCUT2D eigenvalue weighted by molar-refractivity contribution is -0.137. The zero-order chi connectivity index (χ0) is 18.5. The molecule has 0 saturated carbocycles. The van der Waals surface area contributed by atoms with Crippen molar-refractivity contribution in [3.8, 4) is 0 Å². The van der Waals surface area contributed by atoms with Crippen molar-refractivity contribution in [2.75, 3.05) is 26.2 Å². The highest BCUT2D eigenvalue weighted by Gasteiger charge is 2.35. The Kier molecular flexibility index (Phi) is 6.30. The number of carbonyl (C=O) groups is 2. The number of nitrogens with one attached hydrogen (secondary N) is 1. The second-order valence-electron chi connectivity index (χ2n) is 7.96. The summed E-state index contributed by atoms with van der Waals surface area (Å²) in [6.07, 6.45) is 3.85. The van der Waals surface area contributed by atoms with E-state index < -0.39 is 0 Å². The first-order valence-electron chi connectivity index (χ1n) is 9.91. The summed E-state index contributed by atoms with van der Waals surface area (Å²) >= 11 is 0. The van der Waals surface area contributed by atoms with Gasteiger partial charge in [0, 0.05) is 26.2 Å². The van der Waals surface area contributed by atoms with Crippen molar-refractivity contribution in [2.45, 2.75) is 52.1 Å². The molecule has 26 heavy (non-hydrogen) atoms. The van der Waals surface area contributed by atoms with Crippen molar-refractivity contribution in [3.63, 3.8) is 0 Å². The molecule has 1 saturated heterocycles. The number of benzene rings is 1. The van der Waals surface area contributed by atoms with Gasteiger partial charge in [0.15, 0.2) is 0 Å². The van der Waals surface area contributed by atoms with E-state index in [1.165, 1.54) is 11.1 Å². The first kappa shape index (κ1) is 18.9. The molecular formula is C21H31N3O2. The van der Waals surface area contributed by atoms with E-state index in [2.05, 4.69) is 36.2 Å². The van der Waals surface area contributed by atoms with Crippen molar-refractivity contribution >= 4 is 11.8 Å². The Labute approximate surface area is 156 Å². The fraction of sp³-hybridized carbons (Fsp3) is 0.619. The highest BCUT2D eigenvalue weighted by molar-refractivity contribution is 5.84. The van der Waals surface area contributed by atoms with Gasteiger partial charge in [0.2, 0.25) is 11.8 Å². The molecule has 5 heteroatoms. The van der Waals surface area contributed by atoms with Crippen LogP contribution in [0.3, 0.4) is 0 Å². The highest BCUT2D eigenvalue weighted by atomic mass is 16.2. The molecule has 142 valence electrons. The van der Waals surface area contributed by atoms with Gasteiger partial charge in [-0.15, -0.1) is 0 Å². The zero-order valence-corrected chi connectivity index (χ0v) is 16.0. The van der Waals surface area contributed by atoms with Gasteiger partial charge in [-0.25, -0.2) is 0 Å². The highest BCUT2D eigenvalue weighted by Crippen LogP contribution is 2.25. The molecule has 2 amide bonds. The van der Waals surface area contributed by atoms with Crippen LogP contribution in [-0.4, -0.2) is 53.8 Å². The summed E-state index contributed by atoms with van der Waals surface area (Å²) < 4.78 is 0. The Morgan fingerprint density at radius 1 is 1.15 bits per heavy atom. The van der Waals surface area contributed by atoms with E-state index in [1.54, 1.807) is 0 Å². The van der Waals surface area contributed by atoms with Crippen molar-refractivity contribution in [3.05, 3.63) is 35.4 Å². The van der Waals surface area contributed by atoms with Crippen LogP contribution in [0.4, 0.5) is 0 Å². The third-order valence-corrected chi connectivity index (χ3v) is 5.44. The number of hydrogen-bond acceptors (Lipinski definition) is 3. The molecule has 2 heterocycles. The number of hydrogen-bond donors (Lipinski definition) is 1. The molecule has 1 fully saturated rings. The zero-order valence-electron chi connectivity index (χ0n) is 16.0. The Morgan fingerprint density at radius 3 is 2.54 bits per heavy atom.